The smallest absolute Gasteiger partial charge is 0.143 e. The molecule has 0 amide bonds. The van der Waals surface area contributed by atoms with Crippen LogP contribution in [0.25, 0.3) is 0 Å². The normalized spacial score (nSPS) is 39.6. The van der Waals surface area contributed by atoms with Crippen molar-refractivity contribution in [3.63, 3.8) is 0 Å². The van der Waals surface area contributed by atoms with Crippen molar-refractivity contribution >= 4 is 5.78 Å². The molecular formula is C11H21NO2. The van der Waals surface area contributed by atoms with Crippen LogP contribution in [-0.2, 0) is 4.79 Å². The van der Waals surface area contributed by atoms with Crippen molar-refractivity contribution in [2.75, 3.05) is 0 Å². The van der Waals surface area contributed by atoms with Gasteiger partial charge in [-0.15, -0.1) is 0 Å². The summed E-state index contributed by atoms with van der Waals surface area (Å²) in [6.07, 6.45) is -0.314. The highest BCUT2D eigenvalue weighted by molar-refractivity contribution is 5.84. The summed E-state index contributed by atoms with van der Waals surface area (Å²) in [5.74, 6) is 0.0926. The van der Waals surface area contributed by atoms with Crippen molar-refractivity contribution in [1.82, 2.24) is 0 Å². The lowest BCUT2D eigenvalue weighted by molar-refractivity contribution is -0.140. The van der Waals surface area contributed by atoms with Gasteiger partial charge in [-0.2, -0.15) is 0 Å². The van der Waals surface area contributed by atoms with Crippen LogP contribution in [0.3, 0.4) is 0 Å². The average molecular weight is 199 g/mol. The van der Waals surface area contributed by atoms with Gasteiger partial charge in [0.2, 0.25) is 0 Å². The second kappa shape index (κ2) is 3.63. The van der Waals surface area contributed by atoms with E-state index >= 15 is 0 Å². The SMILES string of the molecule is CC1C(=O)C(C(N)O)CC(C)(C)C1C. The second-order valence-corrected chi connectivity index (χ2v) is 5.27. The van der Waals surface area contributed by atoms with E-state index in [1.165, 1.54) is 0 Å². The number of aliphatic hydroxyl groups is 1. The minimum absolute atomic E-state index is 0.00181. The summed E-state index contributed by atoms with van der Waals surface area (Å²) in [6.45, 7) is 8.30. The first-order chi connectivity index (χ1) is 6.27. The van der Waals surface area contributed by atoms with Crippen molar-refractivity contribution in [1.29, 1.82) is 0 Å². The van der Waals surface area contributed by atoms with E-state index in [1.54, 1.807) is 0 Å². The number of aliphatic hydroxyl groups excluding tert-OH is 1. The molecule has 0 bridgehead atoms. The molecule has 1 rings (SSSR count). The number of hydrogen-bond acceptors (Lipinski definition) is 3. The Morgan fingerprint density at radius 1 is 1.50 bits per heavy atom. The van der Waals surface area contributed by atoms with E-state index < -0.39 is 6.23 Å². The van der Waals surface area contributed by atoms with Gasteiger partial charge in [-0.1, -0.05) is 27.7 Å². The molecule has 82 valence electrons. The third-order valence-electron chi connectivity index (χ3n) is 3.96. The molecular weight excluding hydrogens is 178 g/mol. The minimum atomic E-state index is -1.00. The molecule has 0 spiro atoms. The fourth-order valence-electron chi connectivity index (χ4n) is 2.40. The number of Topliss-reactive ketones (excluding diaryl/α,β-unsaturated/α-hetero) is 1. The molecule has 4 atom stereocenters. The Hall–Kier alpha value is -0.410. The average Bonchev–Trinajstić information content (AvgIpc) is 2.08. The molecule has 1 fully saturated rings. The van der Waals surface area contributed by atoms with Crippen LogP contribution in [-0.4, -0.2) is 17.1 Å². The van der Waals surface area contributed by atoms with E-state index in [4.69, 9.17) is 5.73 Å². The van der Waals surface area contributed by atoms with E-state index in [2.05, 4.69) is 20.8 Å². The van der Waals surface area contributed by atoms with Crippen molar-refractivity contribution < 1.29 is 9.90 Å². The number of carbonyl (C=O) groups excluding carboxylic acids is 1. The highest BCUT2D eigenvalue weighted by Gasteiger charge is 2.45. The Labute approximate surface area is 85.7 Å². The van der Waals surface area contributed by atoms with Crippen LogP contribution < -0.4 is 5.73 Å². The molecule has 14 heavy (non-hydrogen) atoms. The maximum Gasteiger partial charge on any atom is 0.143 e. The van der Waals surface area contributed by atoms with Crippen LogP contribution >= 0.6 is 0 Å². The largest absolute Gasteiger partial charge is 0.378 e. The molecule has 3 N–H and O–H groups in total. The fraction of sp³-hybridized carbons (Fsp3) is 0.909. The molecule has 0 heterocycles. The Balaban J connectivity index is 2.91. The number of carbonyl (C=O) groups is 1. The zero-order valence-corrected chi connectivity index (χ0v) is 9.45. The second-order valence-electron chi connectivity index (χ2n) is 5.27. The molecule has 4 unspecified atom stereocenters. The van der Waals surface area contributed by atoms with Gasteiger partial charge in [0.1, 0.15) is 12.0 Å². The third-order valence-corrected chi connectivity index (χ3v) is 3.96. The molecule has 0 aromatic rings. The lowest BCUT2D eigenvalue weighted by Gasteiger charge is -2.44. The predicted molar refractivity (Wildman–Crippen MR) is 55.4 cm³/mol. The molecule has 0 aliphatic heterocycles. The monoisotopic (exact) mass is 199 g/mol. The fourth-order valence-corrected chi connectivity index (χ4v) is 2.40. The highest BCUT2D eigenvalue weighted by atomic mass is 16.3. The molecule has 0 aromatic heterocycles. The van der Waals surface area contributed by atoms with Crippen LogP contribution in [0.5, 0.6) is 0 Å². The zero-order chi connectivity index (χ0) is 11.1. The maximum atomic E-state index is 11.8. The van der Waals surface area contributed by atoms with Crippen LogP contribution in [0.2, 0.25) is 0 Å². The molecule has 1 aliphatic carbocycles. The molecule has 0 aromatic carbocycles. The molecule has 0 radical (unpaired) electrons. The minimum Gasteiger partial charge on any atom is -0.378 e. The lowest BCUT2D eigenvalue weighted by atomic mass is 9.60. The molecule has 3 nitrogen and oxygen atoms in total. The van der Waals surface area contributed by atoms with Gasteiger partial charge in [0, 0.05) is 5.92 Å². The summed E-state index contributed by atoms with van der Waals surface area (Å²) in [5.41, 5.74) is 5.50. The summed E-state index contributed by atoms with van der Waals surface area (Å²) in [7, 11) is 0. The van der Waals surface area contributed by atoms with Crippen molar-refractivity contribution in [3.8, 4) is 0 Å². The Kier molecular flexibility index (Phi) is 3.02. The predicted octanol–water partition coefficient (Wildman–Crippen LogP) is 1.15. The Bertz CT molecular complexity index is 235. The molecule has 1 saturated carbocycles. The van der Waals surface area contributed by atoms with Gasteiger partial charge in [0.25, 0.3) is 0 Å². The summed E-state index contributed by atoms with van der Waals surface area (Å²) >= 11 is 0. The Morgan fingerprint density at radius 3 is 2.43 bits per heavy atom. The molecule has 1 aliphatic rings. The summed E-state index contributed by atoms with van der Waals surface area (Å²) in [4.78, 5) is 11.8. The van der Waals surface area contributed by atoms with Crippen LogP contribution in [0.4, 0.5) is 0 Å². The zero-order valence-electron chi connectivity index (χ0n) is 9.45. The summed E-state index contributed by atoms with van der Waals surface area (Å²) < 4.78 is 0. The van der Waals surface area contributed by atoms with Crippen LogP contribution in [0.1, 0.15) is 34.1 Å². The number of hydrogen-bond donors (Lipinski definition) is 2. The standard InChI is InChI=1S/C11H21NO2/c1-6-7(2)11(3,4)5-8(9(6)13)10(12)14/h6-8,10,14H,5,12H2,1-4H3. The molecule has 3 heteroatoms. The van der Waals surface area contributed by atoms with Gasteiger partial charge < -0.3 is 10.8 Å². The maximum absolute atomic E-state index is 11.8. The highest BCUT2D eigenvalue weighted by Crippen LogP contribution is 2.44. The number of ketones is 1. The van der Waals surface area contributed by atoms with E-state index in [0.29, 0.717) is 12.3 Å². The van der Waals surface area contributed by atoms with Gasteiger partial charge in [-0.25, -0.2) is 0 Å². The van der Waals surface area contributed by atoms with Gasteiger partial charge in [0.15, 0.2) is 0 Å². The molecule has 0 saturated heterocycles. The van der Waals surface area contributed by atoms with Crippen LogP contribution in [0, 0.1) is 23.2 Å². The van der Waals surface area contributed by atoms with Gasteiger partial charge in [0.05, 0.1) is 5.92 Å². The van der Waals surface area contributed by atoms with Gasteiger partial charge >= 0.3 is 0 Å². The first-order valence-corrected chi connectivity index (χ1v) is 5.24. The van der Waals surface area contributed by atoms with Crippen molar-refractivity contribution in [2.45, 2.75) is 40.3 Å². The van der Waals surface area contributed by atoms with E-state index in [9.17, 15) is 9.90 Å². The summed E-state index contributed by atoms with van der Waals surface area (Å²) in [5, 5.41) is 9.34. The quantitative estimate of drug-likeness (QED) is 0.623. The third kappa shape index (κ3) is 1.84. The van der Waals surface area contributed by atoms with Crippen molar-refractivity contribution in [2.24, 2.45) is 28.9 Å². The lowest BCUT2D eigenvalue weighted by Crippen LogP contribution is -2.49. The van der Waals surface area contributed by atoms with Crippen LogP contribution in [0.15, 0.2) is 0 Å². The van der Waals surface area contributed by atoms with E-state index in [-0.39, 0.29) is 23.0 Å². The first-order valence-electron chi connectivity index (χ1n) is 5.24. The number of rotatable bonds is 1. The summed E-state index contributed by atoms with van der Waals surface area (Å²) in [6, 6.07) is 0. The van der Waals surface area contributed by atoms with Gasteiger partial charge in [-0.05, 0) is 17.8 Å². The van der Waals surface area contributed by atoms with Crippen molar-refractivity contribution in [3.05, 3.63) is 0 Å². The van der Waals surface area contributed by atoms with Gasteiger partial charge in [-0.3, -0.25) is 4.79 Å². The first kappa shape index (κ1) is 11.7. The topological polar surface area (TPSA) is 63.3 Å². The van der Waals surface area contributed by atoms with E-state index in [1.807, 2.05) is 6.92 Å². The Morgan fingerprint density at radius 2 is 2.00 bits per heavy atom. The number of nitrogens with two attached hydrogens (primary N) is 1. The van der Waals surface area contributed by atoms with E-state index in [0.717, 1.165) is 0 Å².